The second-order valence-corrected chi connectivity index (χ2v) is 5.20. The zero-order chi connectivity index (χ0) is 13.8. The number of benzene rings is 2. The van der Waals surface area contributed by atoms with Gasteiger partial charge >= 0.3 is 0 Å². The third-order valence-corrected chi connectivity index (χ3v) is 3.56. The molecule has 1 nitrogen and oxygen atoms in total. The van der Waals surface area contributed by atoms with E-state index in [-0.39, 0.29) is 11.9 Å². The first kappa shape index (κ1) is 14.3. The van der Waals surface area contributed by atoms with Crippen LogP contribution >= 0.6 is 23.2 Å². The average Bonchev–Trinajstić information content (AvgIpc) is 2.38. The predicted octanol–water partition coefficient (Wildman–Crippen LogP) is 4.98. The maximum absolute atomic E-state index is 13.6. The van der Waals surface area contributed by atoms with Gasteiger partial charge in [-0.15, -0.1) is 0 Å². The molecular formula is C15H14Cl2FN. The number of halogens is 3. The molecule has 100 valence electrons. The lowest BCUT2D eigenvalue weighted by molar-refractivity contribution is 0.544. The molecule has 0 aliphatic carbocycles. The molecule has 0 radical (unpaired) electrons. The fourth-order valence-electron chi connectivity index (χ4n) is 1.86. The van der Waals surface area contributed by atoms with Gasteiger partial charge in [0, 0.05) is 28.2 Å². The Labute approximate surface area is 122 Å². The van der Waals surface area contributed by atoms with E-state index in [1.165, 1.54) is 6.07 Å². The highest BCUT2D eigenvalue weighted by Crippen LogP contribution is 2.23. The van der Waals surface area contributed by atoms with E-state index >= 15 is 0 Å². The van der Waals surface area contributed by atoms with E-state index < -0.39 is 0 Å². The molecule has 4 heteroatoms. The van der Waals surface area contributed by atoms with Crippen molar-refractivity contribution >= 4 is 23.2 Å². The molecule has 0 bridgehead atoms. The van der Waals surface area contributed by atoms with E-state index in [1.54, 1.807) is 12.1 Å². The lowest BCUT2D eigenvalue weighted by Gasteiger charge is -2.16. The Balaban J connectivity index is 2.04. The molecule has 0 heterocycles. The Kier molecular flexibility index (Phi) is 4.81. The van der Waals surface area contributed by atoms with Crippen LogP contribution in [-0.4, -0.2) is 0 Å². The quantitative estimate of drug-likeness (QED) is 0.839. The monoisotopic (exact) mass is 297 g/mol. The van der Waals surface area contributed by atoms with E-state index in [4.69, 9.17) is 23.2 Å². The summed E-state index contributed by atoms with van der Waals surface area (Å²) >= 11 is 11.8. The first-order chi connectivity index (χ1) is 9.08. The van der Waals surface area contributed by atoms with Crippen molar-refractivity contribution in [3.05, 3.63) is 69.5 Å². The topological polar surface area (TPSA) is 12.0 Å². The normalized spacial score (nSPS) is 12.4. The molecule has 0 spiro atoms. The summed E-state index contributed by atoms with van der Waals surface area (Å²) in [7, 11) is 0. The van der Waals surface area contributed by atoms with Crippen molar-refractivity contribution in [3.63, 3.8) is 0 Å². The minimum atomic E-state index is -0.300. The molecule has 0 saturated heterocycles. The standard InChI is InChI=1S/C15H14Cl2FN/c1-10(13-4-2-3-5-14(13)17)19-9-11-6-7-12(16)8-15(11)18/h2-8,10,19H,9H2,1H3/t10-/m0/s1. The molecule has 2 aromatic rings. The van der Waals surface area contributed by atoms with Gasteiger partial charge in [0.1, 0.15) is 5.82 Å². The van der Waals surface area contributed by atoms with Crippen molar-refractivity contribution in [2.45, 2.75) is 19.5 Å². The van der Waals surface area contributed by atoms with Gasteiger partial charge in [0.05, 0.1) is 0 Å². The van der Waals surface area contributed by atoms with E-state index in [9.17, 15) is 4.39 Å². The van der Waals surface area contributed by atoms with Crippen LogP contribution in [0.2, 0.25) is 10.0 Å². The second kappa shape index (κ2) is 6.38. The molecule has 1 N–H and O–H groups in total. The van der Waals surface area contributed by atoms with Crippen LogP contribution in [0.5, 0.6) is 0 Å². The average molecular weight is 298 g/mol. The van der Waals surface area contributed by atoms with Gasteiger partial charge in [-0.3, -0.25) is 0 Å². The Morgan fingerprint density at radius 3 is 2.58 bits per heavy atom. The summed E-state index contributed by atoms with van der Waals surface area (Å²) in [6, 6.07) is 12.4. The van der Waals surface area contributed by atoms with Gasteiger partial charge < -0.3 is 5.32 Å². The molecule has 19 heavy (non-hydrogen) atoms. The third-order valence-electron chi connectivity index (χ3n) is 2.99. The Hall–Kier alpha value is -1.09. The Morgan fingerprint density at radius 1 is 1.16 bits per heavy atom. The fraction of sp³-hybridized carbons (Fsp3) is 0.200. The molecule has 0 fully saturated rings. The SMILES string of the molecule is C[C@H](NCc1ccc(Cl)cc1F)c1ccccc1Cl. The zero-order valence-electron chi connectivity index (χ0n) is 10.5. The van der Waals surface area contributed by atoms with E-state index in [1.807, 2.05) is 31.2 Å². The van der Waals surface area contributed by atoms with E-state index in [0.29, 0.717) is 22.2 Å². The van der Waals surface area contributed by atoms with Gasteiger partial charge in [0.15, 0.2) is 0 Å². The highest BCUT2D eigenvalue weighted by molar-refractivity contribution is 6.31. The van der Waals surface area contributed by atoms with Crippen LogP contribution in [0.4, 0.5) is 4.39 Å². The molecule has 2 rings (SSSR count). The maximum Gasteiger partial charge on any atom is 0.129 e. The van der Waals surface area contributed by atoms with Gasteiger partial charge in [-0.2, -0.15) is 0 Å². The minimum absolute atomic E-state index is 0.0452. The number of rotatable bonds is 4. The van der Waals surface area contributed by atoms with Crippen LogP contribution in [0, 0.1) is 5.82 Å². The van der Waals surface area contributed by atoms with Crippen molar-refractivity contribution in [2.24, 2.45) is 0 Å². The Morgan fingerprint density at radius 2 is 1.89 bits per heavy atom. The lowest BCUT2D eigenvalue weighted by Crippen LogP contribution is -2.19. The molecule has 0 saturated carbocycles. The number of hydrogen-bond donors (Lipinski definition) is 1. The summed E-state index contributed by atoms with van der Waals surface area (Å²) in [4.78, 5) is 0. The van der Waals surface area contributed by atoms with Crippen LogP contribution in [0.25, 0.3) is 0 Å². The van der Waals surface area contributed by atoms with Crippen molar-refractivity contribution in [2.75, 3.05) is 0 Å². The van der Waals surface area contributed by atoms with Crippen molar-refractivity contribution in [1.29, 1.82) is 0 Å². The maximum atomic E-state index is 13.6. The molecular weight excluding hydrogens is 284 g/mol. The summed E-state index contributed by atoms with van der Waals surface area (Å²) in [5.74, 6) is -0.300. The first-order valence-electron chi connectivity index (χ1n) is 5.99. The molecule has 0 unspecified atom stereocenters. The third kappa shape index (κ3) is 3.69. The zero-order valence-corrected chi connectivity index (χ0v) is 12.0. The van der Waals surface area contributed by atoms with Gasteiger partial charge in [-0.05, 0) is 30.7 Å². The Bertz CT molecular complexity index is 572. The highest BCUT2D eigenvalue weighted by Gasteiger charge is 2.10. The summed E-state index contributed by atoms with van der Waals surface area (Å²) in [5, 5.41) is 4.36. The van der Waals surface area contributed by atoms with Gasteiger partial charge in [0.25, 0.3) is 0 Å². The minimum Gasteiger partial charge on any atom is -0.306 e. The van der Waals surface area contributed by atoms with Crippen LogP contribution in [0.3, 0.4) is 0 Å². The number of hydrogen-bond acceptors (Lipinski definition) is 1. The molecule has 1 atom stereocenters. The summed E-state index contributed by atoms with van der Waals surface area (Å²) < 4.78 is 13.6. The highest BCUT2D eigenvalue weighted by atomic mass is 35.5. The van der Waals surface area contributed by atoms with Crippen molar-refractivity contribution in [3.8, 4) is 0 Å². The molecule has 0 aromatic heterocycles. The molecule has 0 amide bonds. The summed E-state index contributed by atoms with van der Waals surface area (Å²) in [6.07, 6.45) is 0. The fourth-order valence-corrected chi connectivity index (χ4v) is 2.32. The number of nitrogens with one attached hydrogen (secondary N) is 1. The van der Waals surface area contributed by atoms with Gasteiger partial charge in [-0.25, -0.2) is 4.39 Å². The molecule has 0 aliphatic rings. The van der Waals surface area contributed by atoms with E-state index in [2.05, 4.69) is 5.32 Å². The predicted molar refractivity (Wildman–Crippen MR) is 78.1 cm³/mol. The largest absolute Gasteiger partial charge is 0.306 e. The van der Waals surface area contributed by atoms with Gasteiger partial charge in [-0.1, -0.05) is 47.5 Å². The first-order valence-corrected chi connectivity index (χ1v) is 6.75. The van der Waals surface area contributed by atoms with E-state index in [0.717, 1.165) is 5.56 Å². The second-order valence-electron chi connectivity index (χ2n) is 4.36. The molecule has 0 aliphatic heterocycles. The smallest absolute Gasteiger partial charge is 0.129 e. The van der Waals surface area contributed by atoms with Crippen molar-refractivity contribution < 1.29 is 4.39 Å². The van der Waals surface area contributed by atoms with Crippen LogP contribution in [0.15, 0.2) is 42.5 Å². The summed E-state index contributed by atoms with van der Waals surface area (Å²) in [5.41, 5.74) is 1.59. The lowest BCUT2D eigenvalue weighted by atomic mass is 10.1. The van der Waals surface area contributed by atoms with Gasteiger partial charge in [0.2, 0.25) is 0 Å². The van der Waals surface area contributed by atoms with Crippen molar-refractivity contribution in [1.82, 2.24) is 5.32 Å². The van der Waals surface area contributed by atoms with Crippen LogP contribution in [0.1, 0.15) is 24.1 Å². The van der Waals surface area contributed by atoms with Crippen LogP contribution < -0.4 is 5.32 Å². The van der Waals surface area contributed by atoms with Crippen LogP contribution in [-0.2, 0) is 6.54 Å². The molecule has 2 aromatic carbocycles. The summed E-state index contributed by atoms with van der Waals surface area (Å²) in [6.45, 7) is 2.42.